The van der Waals surface area contributed by atoms with Crippen LogP contribution in [0.3, 0.4) is 0 Å². The fraction of sp³-hybridized carbons (Fsp3) is 0.714. The van der Waals surface area contributed by atoms with Crippen molar-refractivity contribution in [3.8, 4) is 0 Å². The highest BCUT2D eigenvalue weighted by Gasteiger charge is 2.38. The summed E-state index contributed by atoms with van der Waals surface area (Å²) in [5, 5.41) is 0. The van der Waals surface area contributed by atoms with Gasteiger partial charge in [-0.05, 0) is 6.42 Å². The van der Waals surface area contributed by atoms with Crippen LogP contribution in [0, 0.1) is 5.41 Å². The van der Waals surface area contributed by atoms with Crippen molar-refractivity contribution in [2.24, 2.45) is 19.5 Å². The molecule has 9 nitrogen and oxygen atoms in total. The van der Waals surface area contributed by atoms with Crippen molar-refractivity contribution in [1.29, 1.82) is 0 Å². The average molecular weight is 327 g/mol. The van der Waals surface area contributed by atoms with Gasteiger partial charge in [0.1, 0.15) is 6.61 Å². The van der Waals surface area contributed by atoms with Crippen LogP contribution in [0.1, 0.15) is 19.8 Å². The maximum absolute atomic E-state index is 11.9. The number of aromatic nitrogens is 3. The molecule has 1 aliphatic rings. The highest BCUT2D eigenvalue weighted by Crippen LogP contribution is 2.31. The fourth-order valence-electron chi connectivity index (χ4n) is 2.31. The lowest BCUT2D eigenvalue weighted by Crippen LogP contribution is -2.52. The molecule has 1 saturated heterocycles. The Bertz CT molecular complexity index is 722. The minimum atomic E-state index is -0.747. The van der Waals surface area contributed by atoms with Crippen LogP contribution in [-0.4, -0.2) is 39.5 Å². The lowest BCUT2D eigenvalue weighted by Gasteiger charge is -2.39. The molecule has 0 radical (unpaired) electrons. The van der Waals surface area contributed by atoms with E-state index in [0.29, 0.717) is 13.2 Å². The Morgan fingerprint density at radius 1 is 1.13 bits per heavy atom. The van der Waals surface area contributed by atoms with E-state index in [1.165, 1.54) is 14.1 Å². The molecule has 1 aromatic rings. The number of hydrogen-bond donors (Lipinski definition) is 0. The summed E-state index contributed by atoms with van der Waals surface area (Å²) in [4.78, 5) is 47.3. The second kappa shape index (κ2) is 6.53. The molecule has 0 bridgehead atoms. The zero-order valence-electron chi connectivity index (χ0n) is 13.5. The smallest absolute Gasteiger partial charge is 0.336 e. The fourth-order valence-corrected chi connectivity index (χ4v) is 2.31. The van der Waals surface area contributed by atoms with Crippen molar-refractivity contribution >= 4 is 5.97 Å². The number of carbonyl (C=O) groups excluding carboxylic acids is 1. The zero-order chi connectivity index (χ0) is 17.2. The van der Waals surface area contributed by atoms with Gasteiger partial charge in [-0.1, -0.05) is 6.92 Å². The van der Waals surface area contributed by atoms with Gasteiger partial charge in [0, 0.05) is 20.6 Å². The molecule has 0 saturated carbocycles. The summed E-state index contributed by atoms with van der Waals surface area (Å²) in [6.07, 6.45) is 0.731. The van der Waals surface area contributed by atoms with Gasteiger partial charge < -0.3 is 9.47 Å². The molecule has 9 heteroatoms. The molecular weight excluding hydrogens is 306 g/mol. The Morgan fingerprint density at radius 2 is 1.70 bits per heavy atom. The molecule has 0 spiro atoms. The van der Waals surface area contributed by atoms with Crippen molar-refractivity contribution in [2.45, 2.75) is 26.3 Å². The topological polar surface area (TPSA) is 102 Å². The lowest BCUT2D eigenvalue weighted by molar-refractivity contribution is -0.170. The number of nitrogens with zero attached hydrogens (tertiary/aromatic N) is 3. The van der Waals surface area contributed by atoms with E-state index in [4.69, 9.17) is 9.47 Å². The van der Waals surface area contributed by atoms with Gasteiger partial charge in [-0.2, -0.15) is 0 Å². The summed E-state index contributed by atoms with van der Waals surface area (Å²) >= 11 is 0. The minimum Gasteiger partial charge on any atom is -0.465 e. The standard InChI is InChI=1S/C14H21N3O6/c1-4-14(7-22-8-14)9-23-10(18)5-6-17-12(20)15(2)11(19)16(3)13(17)21/h4-9H2,1-3H3. The van der Waals surface area contributed by atoms with Crippen molar-refractivity contribution in [1.82, 2.24) is 13.7 Å². The quantitative estimate of drug-likeness (QED) is 0.596. The Balaban J connectivity index is 2.01. The molecule has 1 aliphatic heterocycles. The largest absolute Gasteiger partial charge is 0.465 e. The maximum Gasteiger partial charge on any atom is 0.336 e. The molecule has 1 fully saturated rings. The van der Waals surface area contributed by atoms with Crippen LogP contribution < -0.4 is 17.1 Å². The van der Waals surface area contributed by atoms with Crippen molar-refractivity contribution in [3.05, 3.63) is 31.5 Å². The van der Waals surface area contributed by atoms with E-state index in [1.807, 2.05) is 6.92 Å². The first-order chi connectivity index (χ1) is 10.8. The van der Waals surface area contributed by atoms with Crippen molar-refractivity contribution in [2.75, 3.05) is 19.8 Å². The predicted molar refractivity (Wildman–Crippen MR) is 80.3 cm³/mol. The van der Waals surface area contributed by atoms with E-state index in [2.05, 4.69) is 0 Å². The third kappa shape index (κ3) is 3.29. The second-order valence-corrected chi connectivity index (χ2v) is 5.87. The number of rotatable bonds is 6. The van der Waals surface area contributed by atoms with Crippen LogP contribution in [0.5, 0.6) is 0 Å². The van der Waals surface area contributed by atoms with Gasteiger partial charge in [-0.3, -0.25) is 4.79 Å². The Labute approximate surface area is 132 Å². The Morgan fingerprint density at radius 3 is 2.13 bits per heavy atom. The number of carbonyl (C=O) groups is 1. The van der Waals surface area contributed by atoms with Gasteiger partial charge >= 0.3 is 23.0 Å². The second-order valence-electron chi connectivity index (χ2n) is 5.87. The van der Waals surface area contributed by atoms with Crippen LogP contribution in [-0.2, 0) is 34.9 Å². The van der Waals surface area contributed by atoms with E-state index in [9.17, 15) is 19.2 Å². The van der Waals surface area contributed by atoms with Crippen molar-refractivity contribution in [3.63, 3.8) is 0 Å². The van der Waals surface area contributed by atoms with E-state index >= 15 is 0 Å². The molecule has 0 unspecified atom stereocenters. The normalized spacial score (nSPS) is 16.0. The van der Waals surface area contributed by atoms with Gasteiger partial charge in [0.05, 0.1) is 25.0 Å². The molecule has 0 aliphatic carbocycles. The molecule has 0 N–H and O–H groups in total. The van der Waals surface area contributed by atoms with Crippen LogP contribution in [0.2, 0.25) is 0 Å². The molecule has 0 atom stereocenters. The maximum atomic E-state index is 11.9. The highest BCUT2D eigenvalue weighted by molar-refractivity contribution is 5.69. The third-order valence-corrected chi connectivity index (χ3v) is 4.25. The summed E-state index contributed by atoms with van der Waals surface area (Å²) < 4.78 is 12.9. The van der Waals surface area contributed by atoms with E-state index < -0.39 is 23.0 Å². The summed E-state index contributed by atoms with van der Waals surface area (Å²) in [5.41, 5.74) is -2.31. The van der Waals surface area contributed by atoms with Gasteiger partial charge in [-0.15, -0.1) is 0 Å². The van der Waals surface area contributed by atoms with E-state index in [1.54, 1.807) is 0 Å². The third-order valence-electron chi connectivity index (χ3n) is 4.25. The van der Waals surface area contributed by atoms with Gasteiger partial charge in [0.25, 0.3) is 0 Å². The van der Waals surface area contributed by atoms with Crippen LogP contribution in [0.15, 0.2) is 14.4 Å². The molecule has 2 heterocycles. The summed E-state index contributed by atoms with van der Waals surface area (Å²) in [5.74, 6) is -0.493. The number of esters is 1. The van der Waals surface area contributed by atoms with Crippen molar-refractivity contribution < 1.29 is 14.3 Å². The van der Waals surface area contributed by atoms with Crippen LogP contribution in [0.4, 0.5) is 0 Å². The van der Waals surface area contributed by atoms with Crippen LogP contribution in [0.25, 0.3) is 0 Å². The van der Waals surface area contributed by atoms with E-state index in [-0.39, 0.29) is 25.0 Å². The minimum absolute atomic E-state index is 0.112. The summed E-state index contributed by atoms with van der Waals surface area (Å²) in [6.45, 7) is 3.27. The number of ether oxygens (including phenoxy) is 2. The first-order valence-corrected chi connectivity index (χ1v) is 7.41. The molecule has 2 rings (SSSR count). The molecule has 128 valence electrons. The molecular formula is C14H21N3O6. The molecule has 1 aromatic heterocycles. The molecule has 23 heavy (non-hydrogen) atoms. The Kier molecular flexibility index (Phi) is 4.88. The monoisotopic (exact) mass is 327 g/mol. The van der Waals surface area contributed by atoms with Gasteiger partial charge in [0.15, 0.2) is 0 Å². The zero-order valence-corrected chi connectivity index (χ0v) is 13.5. The van der Waals surface area contributed by atoms with E-state index in [0.717, 1.165) is 20.1 Å². The number of hydrogen-bond acceptors (Lipinski definition) is 6. The first kappa shape index (κ1) is 17.2. The SMILES string of the molecule is CCC1(COC(=O)CCn2c(=O)n(C)c(=O)n(C)c2=O)COC1. The van der Waals surface area contributed by atoms with Gasteiger partial charge in [0.2, 0.25) is 0 Å². The van der Waals surface area contributed by atoms with Crippen LogP contribution >= 0.6 is 0 Å². The summed E-state index contributed by atoms with van der Waals surface area (Å²) in [7, 11) is 2.56. The predicted octanol–water partition coefficient (Wildman–Crippen LogP) is -1.39. The molecule has 0 aromatic carbocycles. The van der Waals surface area contributed by atoms with Gasteiger partial charge in [-0.25, -0.2) is 28.1 Å². The average Bonchev–Trinajstić information content (AvgIpc) is 2.50. The summed E-state index contributed by atoms with van der Waals surface area (Å²) in [6, 6.07) is 0. The molecule has 0 amide bonds. The highest BCUT2D eigenvalue weighted by atomic mass is 16.5. The Hall–Kier alpha value is -2.16. The first-order valence-electron chi connectivity index (χ1n) is 7.41. The lowest BCUT2D eigenvalue weighted by atomic mass is 9.84.